The number of morpholine rings is 1. The maximum Gasteiger partial charge on any atom is 0.331 e. The van der Waals surface area contributed by atoms with E-state index in [0.717, 1.165) is 57.7 Å². The monoisotopic (exact) mass is 299 g/mol. The van der Waals surface area contributed by atoms with Crippen molar-refractivity contribution in [3.05, 3.63) is 12.2 Å². The molecule has 1 aliphatic rings. The quantitative estimate of drug-likeness (QED) is 0.361. The number of rotatable bonds is 9. The molecule has 0 spiro atoms. The van der Waals surface area contributed by atoms with Gasteiger partial charge in [0.05, 0.1) is 19.8 Å². The molecule has 1 saturated heterocycles. The van der Waals surface area contributed by atoms with Crippen molar-refractivity contribution in [3.8, 4) is 0 Å². The van der Waals surface area contributed by atoms with Gasteiger partial charge in [0.25, 0.3) is 0 Å². The van der Waals surface area contributed by atoms with Crippen LogP contribution in [0, 0.1) is 0 Å². The number of nitrogens with zero attached hydrogens (tertiary/aromatic N) is 1. The lowest BCUT2D eigenvalue weighted by molar-refractivity contribution is -0.140. The van der Waals surface area contributed by atoms with Gasteiger partial charge < -0.3 is 14.2 Å². The molecule has 0 aromatic carbocycles. The summed E-state index contributed by atoms with van der Waals surface area (Å²) in [6, 6.07) is 0. The Morgan fingerprint density at radius 3 is 2.29 bits per heavy atom. The molecule has 1 fully saturated rings. The van der Waals surface area contributed by atoms with Crippen LogP contribution < -0.4 is 0 Å². The summed E-state index contributed by atoms with van der Waals surface area (Å²) in [6.45, 7) is 6.63. The molecule has 0 bridgehead atoms. The lowest BCUT2D eigenvalue weighted by Gasteiger charge is -2.25. The van der Waals surface area contributed by atoms with Crippen LogP contribution in [0.25, 0.3) is 0 Å². The molecule has 0 aromatic heterocycles. The van der Waals surface area contributed by atoms with Gasteiger partial charge in [0.15, 0.2) is 0 Å². The van der Waals surface area contributed by atoms with Crippen molar-refractivity contribution in [2.75, 3.05) is 46.1 Å². The Hall–Kier alpha value is -1.40. The Balaban J connectivity index is 2.05. The van der Waals surface area contributed by atoms with Crippen LogP contribution in [-0.4, -0.2) is 62.9 Å². The smallest absolute Gasteiger partial charge is 0.331 e. The topological polar surface area (TPSA) is 65.1 Å². The van der Waals surface area contributed by atoms with Gasteiger partial charge >= 0.3 is 11.9 Å². The molecule has 0 atom stereocenters. The van der Waals surface area contributed by atoms with Crippen LogP contribution in [0.2, 0.25) is 0 Å². The molecular formula is C15H25NO5. The summed E-state index contributed by atoms with van der Waals surface area (Å²) in [5, 5.41) is 0. The van der Waals surface area contributed by atoms with Crippen LogP contribution in [0.15, 0.2) is 12.2 Å². The van der Waals surface area contributed by atoms with Crippen molar-refractivity contribution in [3.63, 3.8) is 0 Å². The first-order chi connectivity index (χ1) is 10.2. The van der Waals surface area contributed by atoms with Gasteiger partial charge in [-0.15, -0.1) is 0 Å². The third-order valence-corrected chi connectivity index (χ3v) is 3.10. The second-order valence-corrected chi connectivity index (χ2v) is 4.83. The molecule has 0 radical (unpaired) electrons. The largest absolute Gasteiger partial charge is 0.463 e. The maximum absolute atomic E-state index is 11.4. The molecule has 1 aliphatic heterocycles. The van der Waals surface area contributed by atoms with E-state index in [1.165, 1.54) is 0 Å². The van der Waals surface area contributed by atoms with Gasteiger partial charge in [-0.25, -0.2) is 9.59 Å². The second-order valence-electron chi connectivity index (χ2n) is 4.83. The highest BCUT2D eigenvalue weighted by Crippen LogP contribution is 1.97. The van der Waals surface area contributed by atoms with E-state index in [1.807, 2.05) is 0 Å². The average Bonchev–Trinajstić information content (AvgIpc) is 2.50. The fourth-order valence-corrected chi connectivity index (χ4v) is 1.86. The first-order valence-electron chi connectivity index (χ1n) is 7.54. The van der Waals surface area contributed by atoms with Gasteiger partial charge in [0.2, 0.25) is 0 Å². The lowest BCUT2D eigenvalue weighted by atomic mass is 10.3. The van der Waals surface area contributed by atoms with Crippen molar-refractivity contribution in [2.45, 2.75) is 26.2 Å². The number of unbranched alkanes of at least 4 members (excludes halogenated alkanes) is 2. The van der Waals surface area contributed by atoms with Gasteiger partial charge in [0, 0.05) is 31.8 Å². The number of hydrogen-bond acceptors (Lipinski definition) is 6. The van der Waals surface area contributed by atoms with Crippen LogP contribution in [0.4, 0.5) is 0 Å². The zero-order valence-corrected chi connectivity index (χ0v) is 12.7. The van der Waals surface area contributed by atoms with Gasteiger partial charge in [-0.2, -0.15) is 0 Å². The first-order valence-corrected chi connectivity index (χ1v) is 7.54. The highest BCUT2D eigenvalue weighted by atomic mass is 16.5. The van der Waals surface area contributed by atoms with Crippen LogP contribution in [0.1, 0.15) is 26.2 Å². The summed E-state index contributed by atoms with van der Waals surface area (Å²) >= 11 is 0. The van der Waals surface area contributed by atoms with Crippen molar-refractivity contribution in [1.29, 1.82) is 0 Å². The highest BCUT2D eigenvalue weighted by molar-refractivity contribution is 5.91. The van der Waals surface area contributed by atoms with Gasteiger partial charge in [-0.3, -0.25) is 4.90 Å². The Kier molecular flexibility index (Phi) is 9.48. The SMILES string of the molecule is CCCCCOC(=O)C=CC(=O)OCCN1CCOCC1. The fourth-order valence-electron chi connectivity index (χ4n) is 1.86. The molecule has 21 heavy (non-hydrogen) atoms. The highest BCUT2D eigenvalue weighted by Gasteiger charge is 2.10. The minimum Gasteiger partial charge on any atom is -0.463 e. The predicted octanol–water partition coefficient (Wildman–Crippen LogP) is 1.15. The Morgan fingerprint density at radius 2 is 1.67 bits per heavy atom. The van der Waals surface area contributed by atoms with Crippen LogP contribution in [0.5, 0.6) is 0 Å². The molecular weight excluding hydrogens is 274 g/mol. The van der Waals surface area contributed by atoms with E-state index >= 15 is 0 Å². The summed E-state index contributed by atoms with van der Waals surface area (Å²) in [4.78, 5) is 24.9. The molecule has 0 amide bonds. The van der Waals surface area contributed by atoms with Gasteiger partial charge in [-0.05, 0) is 6.42 Å². The number of ether oxygens (including phenoxy) is 3. The van der Waals surface area contributed by atoms with Crippen molar-refractivity contribution in [2.24, 2.45) is 0 Å². The normalized spacial score (nSPS) is 16.0. The minimum absolute atomic E-state index is 0.314. The molecule has 1 rings (SSSR count). The Bertz CT molecular complexity index is 337. The van der Waals surface area contributed by atoms with E-state index in [-0.39, 0.29) is 0 Å². The fraction of sp³-hybridized carbons (Fsp3) is 0.733. The first kappa shape index (κ1) is 17.7. The Labute approximate surface area is 126 Å². The minimum atomic E-state index is -0.520. The van der Waals surface area contributed by atoms with E-state index in [0.29, 0.717) is 19.8 Å². The second kappa shape index (κ2) is 11.3. The average molecular weight is 299 g/mol. The summed E-state index contributed by atoms with van der Waals surface area (Å²) in [7, 11) is 0. The summed E-state index contributed by atoms with van der Waals surface area (Å²) in [6.07, 6.45) is 5.17. The third kappa shape index (κ3) is 9.20. The van der Waals surface area contributed by atoms with E-state index in [1.54, 1.807) is 0 Å². The zero-order chi connectivity index (χ0) is 15.3. The van der Waals surface area contributed by atoms with Gasteiger partial charge in [0.1, 0.15) is 6.61 Å². The van der Waals surface area contributed by atoms with Crippen LogP contribution in [-0.2, 0) is 23.8 Å². The zero-order valence-electron chi connectivity index (χ0n) is 12.7. The van der Waals surface area contributed by atoms with E-state index < -0.39 is 11.9 Å². The predicted molar refractivity (Wildman–Crippen MR) is 77.8 cm³/mol. The standard InChI is InChI=1S/C15H25NO5/c1-2-3-4-10-20-14(17)5-6-15(18)21-13-9-16-7-11-19-12-8-16/h5-6H,2-4,7-13H2,1H3. The molecule has 0 N–H and O–H groups in total. The van der Waals surface area contributed by atoms with Crippen molar-refractivity contribution >= 4 is 11.9 Å². The lowest BCUT2D eigenvalue weighted by Crippen LogP contribution is -2.38. The number of carbonyl (C=O) groups excluding carboxylic acids is 2. The third-order valence-electron chi connectivity index (χ3n) is 3.10. The van der Waals surface area contributed by atoms with E-state index in [4.69, 9.17) is 14.2 Å². The molecule has 0 aliphatic carbocycles. The summed E-state index contributed by atoms with van der Waals surface area (Å²) < 4.78 is 15.2. The number of hydrogen-bond donors (Lipinski definition) is 0. The molecule has 0 saturated carbocycles. The summed E-state index contributed by atoms with van der Waals surface area (Å²) in [5.41, 5.74) is 0. The van der Waals surface area contributed by atoms with Crippen LogP contribution in [0.3, 0.4) is 0 Å². The molecule has 120 valence electrons. The molecule has 1 heterocycles. The van der Waals surface area contributed by atoms with E-state index in [2.05, 4.69) is 11.8 Å². The molecule has 0 aromatic rings. The van der Waals surface area contributed by atoms with E-state index in [9.17, 15) is 9.59 Å². The summed E-state index contributed by atoms with van der Waals surface area (Å²) in [5.74, 6) is -1.02. The Morgan fingerprint density at radius 1 is 1.05 bits per heavy atom. The van der Waals surface area contributed by atoms with Crippen molar-refractivity contribution in [1.82, 2.24) is 4.90 Å². The van der Waals surface area contributed by atoms with Crippen LogP contribution >= 0.6 is 0 Å². The van der Waals surface area contributed by atoms with Gasteiger partial charge in [-0.1, -0.05) is 19.8 Å². The molecule has 6 nitrogen and oxygen atoms in total. The maximum atomic E-state index is 11.4. The molecule has 6 heteroatoms. The van der Waals surface area contributed by atoms with Crippen molar-refractivity contribution < 1.29 is 23.8 Å². The number of carbonyl (C=O) groups is 2. The number of esters is 2. The molecule has 0 unspecified atom stereocenters.